The molecule has 0 aromatic heterocycles. The summed E-state index contributed by atoms with van der Waals surface area (Å²) in [6.07, 6.45) is 2.47. The Labute approximate surface area is 184 Å². The number of ether oxygens (including phenoxy) is 3. The highest BCUT2D eigenvalue weighted by atomic mass is 17.3. The Balaban J connectivity index is 1.43. The van der Waals surface area contributed by atoms with Crippen molar-refractivity contribution in [3.05, 3.63) is 0 Å². The fourth-order valence-electron chi connectivity index (χ4n) is 5.82. The van der Waals surface area contributed by atoms with Crippen LogP contribution in [0.5, 0.6) is 0 Å². The monoisotopic (exact) mass is 439 g/mol. The highest BCUT2D eigenvalue weighted by Gasteiger charge is 2.69. The number of hydrogen-bond donors (Lipinski definition) is 1. The Bertz CT molecular complexity index is 699. The zero-order valence-electron chi connectivity index (χ0n) is 19.3. The van der Waals surface area contributed by atoms with Crippen molar-refractivity contribution in [3.63, 3.8) is 0 Å². The minimum Gasteiger partial charge on any atom is -0.435 e. The molecular weight excluding hydrogens is 402 g/mol. The summed E-state index contributed by atoms with van der Waals surface area (Å²) < 4.78 is 18.2. The Morgan fingerprint density at radius 1 is 1.10 bits per heavy atom. The predicted octanol–water partition coefficient (Wildman–Crippen LogP) is 3.29. The molecule has 0 radical (unpaired) electrons. The first kappa shape index (κ1) is 23.0. The van der Waals surface area contributed by atoms with E-state index in [1.165, 1.54) is 0 Å². The molecule has 8 nitrogen and oxygen atoms in total. The van der Waals surface area contributed by atoms with Gasteiger partial charge in [-0.25, -0.2) is 9.78 Å². The van der Waals surface area contributed by atoms with Gasteiger partial charge in [0.05, 0.1) is 6.42 Å². The fraction of sp³-hybridized carbons (Fsp3) is 0.913. The standard InChI is InChI=1S/C23H37NO7/c1-13(2)12-24-18(25)8-9-19(26)27-20-15(4)17-7-6-14(3)16-10-11-22(5)29-21(28-20)23(16,17)31-30-22/h13-17,20-21H,6-12H2,1-5H3,(H,24,25)/t14-,15-,16+,17-,20-,21-,22-,23-/m1/s1. The first-order valence-corrected chi connectivity index (χ1v) is 11.8. The van der Waals surface area contributed by atoms with Crippen LogP contribution in [-0.2, 0) is 33.6 Å². The van der Waals surface area contributed by atoms with E-state index >= 15 is 0 Å². The smallest absolute Gasteiger partial charge is 0.308 e. The van der Waals surface area contributed by atoms with Gasteiger partial charge in [0, 0.05) is 31.2 Å². The van der Waals surface area contributed by atoms with Gasteiger partial charge in [0.1, 0.15) is 0 Å². The van der Waals surface area contributed by atoms with Crippen molar-refractivity contribution in [2.24, 2.45) is 29.6 Å². The zero-order valence-corrected chi connectivity index (χ0v) is 19.3. The lowest BCUT2D eigenvalue weighted by Crippen LogP contribution is -2.70. The first-order valence-electron chi connectivity index (χ1n) is 11.8. The molecule has 176 valence electrons. The maximum absolute atomic E-state index is 12.5. The predicted molar refractivity (Wildman–Crippen MR) is 110 cm³/mol. The van der Waals surface area contributed by atoms with Gasteiger partial charge in [-0.15, -0.1) is 0 Å². The van der Waals surface area contributed by atoms with Crippen LogP contribution in [0.25, 0.3) is 0 Å². The Morgan fingerprint density at radius 2 is 1.87 bits per heavy atom. The van der Waals surface area contributed by atoms with Gasteiger partial charge in [-0.3, -0.25) is 9.59 Å². The van der Waals surface area contributed by atoms with Gasteiger partial charge in [0.2, 0.25) is 18.0 Å². The number of carbonyl (C=O) groups is 2. The molecule has 4 aliphatic heterocycles. The summed E-state index contributed by atoms with van der Waals surface area (Å²) in [5, 5.41) is 2.82. The molecule has 2 bridgehead atoms. The molecule has 4 heterocycles. The quantitative estimate of drug-likeness (QED) is 0.501. The first-order chi connectivity index (χ1) is 14.6. The highest BCUT2D eigenvalue weighted by Crippen LogP contribution is 2.60. The molecule has 1 amide bonds. The van der Waals surface area contributed by atoms with E-state index < -0.39 is 29.9 Å². The third-order valence-electron chi connectivity index (χ3n) is 7.61. The minimum atomic E-state index is -0.860. The number of nitrogens with one attached hydrogen (secondary N) is 1. The van der Waals surface area contributed by atoms with Crippen LogP contribution < -0.4 is 5.32 Å². The van der Waals surface area contributed by atoms with Crippen LogP contribution >= 0.6 is 0 Å². The number of amides is 1. The molecule has 0 unspecified atom stereocenters. The van der Waals surface area contributed by atoms with Gasteiger partial charge in [0.15, 0.2) is 11.9 Å². The van der Waals surface area contributed by atoms with Gasteiger partial charge in [-0.2, -0.15) is 0 Å². The molecule has 8 heteroatoms. The van der Waals surface area contributed by atoms with Gasteiger partial charge >= 0.3 is 5.97 Å². The summed E-state index contributed by atoms with van der Waals surface area (Å²) in [5.74, 6) is -0.299. The second-order valence-electron chi connectivity index (χ2n) is 10.5. The largest absolute Gasteiger partial charge is 0.435 e. The lowest BCUT2D eigenvalue weighted by Gasteiger charge is -2.59. The molecule has 0 aromatic carbocycles. The van der Waals surface area contributed by atoms with Crippen molar-refractivity contribution in [1.29, 1.82) is 0 Å². The molecule has 0 aromatic rings. The summed E-state index contributed by atoms with van der Waals surface area (Å²) in [5.41, 5.74) is -0.674. The number of carbonyl (C=O) groups excluding carboxylic acids is 2. The fourth-order valence-corrected chi connectivity index (χ4v) is 5.82. The van der Waals surface area contributed by atoms with Gasteiger partial charge in [0.25, 0.3) is 0 Å². The van der Waals surface area contributed by atoms with E-state index in [1.54, 1.807) is 0 Å². The molecule has 4 saturated heterocycles. The van der Waals surface area contributed by atoms with E-state index in [-0.39, 0.29) is 36.5 Å². The highest BCUT2D eigenvalue weighted by molar-refractivity contribution is 5.81. The summed E-state index contributed by atoms with van der Waals surface area (Å²) in [4.78, 5) is 36.3. The van der Waals surface area contributed by atoms with Gasteiger partial charge < -0.3 is 19.5 Å². The molecule has 8 atom stereocenters. The van der Waals surface area contributed by atoms with E-state index in [0.29, 0.717) is 18.4 Å². The lowest BCUT2D eigenvalue weighted by molar-refractivity contribution is -0.576. The summed E-state index contributed by atoms with van der Waals surface area (Å²) in [6, 6.07) is 0. The second kappa shape index (κ2) is 8.61. The van der Waals surface area contributed by atoms with Crippen molar-refractivity contribution >= 4 is 11.9 Å². The van der Waals surface area contributed by atoms with E-state index in [0.717, 1.165) is 25.7 Å². The van der Waals surface area contributed by atoms with Crippen molar-refractivity contribution < 1.29 is 33.6 Å². The molecule has 5 aliphatic rings. The van der Waals surface area contributed by atoms with Crippen molar-refractivity contribution in [2.75, 3.05) is 6.54 Å². The Morgan fingerprint density at radius 3 is 2.61 bits per heavy atom. The third kappa shape index (κ3) is 4.24. The SMILES string of the molecule is CC(C)CNC(=O)CCC(=O)O[C@@H]1O[C@@H]2O[C@@]3(C)CC[C@H]4[C@H](C)CC[C@H]([C@H]1C)[C@@]24OO3. The summed E-state index contributed by atoms with van der Waals surface area (Å²) >= 11 is 0. The molecule has 5 rings (SSSR count). The molecule has 5 fully saturated rings. The third-order valence-corrected chi connectivity index (χ3v) is 7.61. The summed E-state index contributed by atoms with van der Waals surface area (Å²) in [6.45, 7) is 10.8. The van der Waals surface area contributed by atoms with Crippen LogP contribution in [0.15, 0.2) is 0 Å². The maximum atomic E-state index is 12.5. The second-order valence-corrected chi connectivity index (χ2v) is 10.5. The van der Waals surface area contributed by atoms with Gasteiger partial charge in [-0.05, 0) is 43.9 Å². The number of esters is 1. The van der Waals surface area contributed by atoms with Gasteiger partial charge in [-0.1, -0.05) is 27.7 Å². The molecule has 1 N–H and O–H groups in total. The zero-order chi connectivity index (χ0) is 22.4. The van der Waals surface area contributed by atoms with Crippen LogP contribution in [0.3, 0.4) is 0 Å². The Hall–Kier alpha value is -1.22. The molecule has 31 heavy (non-hydrogen) atoms. The van der Waals surface area contributed by atoms with Crippen LogP contribution in [0.1, 0.15) is 73.1 Å². The van der Waals surface area contributed by atoms with E-state index in [2.05, 4.69) is 12.2 Å². The lowest BCUT2D eigenvalue weighted by atomic mass is 9.58. The number of fused-ring (bicyclic) bond motifs is 2. The molecule has 1 aliphatic carbocycles. The molecular formula is C23H37NO7. The van der Waals surface area contributed by atoms with Crippen molar-refractivity contribution in [3.8, 4) is 0 Å². The van der Waals surface area contributed by atoms with E-state index in [1.807, 2.05) is 27.7 Å². The van der Waals surface area contributed by atoms with E-state index in [9.17, 15) is 9.59 Å². The normalized spacial score (nSPS) is 43.8. The van der Waals surface area contributed by atoms with Crippen molar-refractivity contribution in [2.45, 2.75) is 97.1 Å². The molecule has 1 saturated carbocycles. The summed E-state index contributed by atoms with van der Waals surface area (Å²) in [7, 11) is 0. The maximum Gasteiger partial charge on any atom is 0.308 e. The topological polar surface area (TPSA) is 92.3 Å². The average Bonchev–Trinajstić information content (AvgIpc) is 2.94. The van der Waals surface area contributed by atoms with Crippen LogP contribution in [-0.4, -0.2) is 42.4 Å². The van der Waals surface area contributed by atoms with Crippen molar-refractivity contribution in [1.82, 2.24) is 5.32 Å². The Kier molecular flexibility index (Phi) is 6.38. The minimum absolute atomic E-state index is 0.0226. The van der Waals surface area contributed by atoms with E-state index in [4.69, 9.17) is 24.0 Å². The van der Waals surface area contributed by atoms with Crippen LogP contribution in [0, 0.1) is 29.6 Å². The molecule has 1 spiro atoms. The average molecular weight is 440 g/mol. The van der Waals surface area contributed by atoms with Crippen LogP contribution in [0.2, 0.25) is 0 Å². The number of hydrogen-bond acceptors (Lipinski definition) is 7. The van der Waals surface area contributed by atoms with Crippen LogP contribution in [0.4, 0.5) is 0 Å². The number of rotatable bonds is 6.